The Morgan fingerprint density at radius 3 is 2.03 bits per heavy atom. The Morgan fingerprint density at radius 1 is 1.00 bits per heavy atom. The summed E-state index contributed by atoms with van der Waals surface area (Å²) in [7, 11) is 0. The van der Waals surface area contributed by atoms with Crippen molar-refractivity contribution in [1.29, 1.82) is 0 Å². The molecule has 3 aromatic rings. The molecule has 0 fully saturated rings. The lowest BCUT2D eigenvalue weighted by Gasteiger charge is -2.21. The van der Waals surface area contributed by atoms with Gasteiger partial charge in [0.15, 0.2) is 0 Å². The Hall–Kier alpha value is -2.25. The predicted molar refractivity (Wildman–Crippen MR) is 121 cm³/mol. The average molecular weight is 465 g/mol. The van der Waals surface area contributed by atoms with E-state index in [1.165, 1.54) is 23.5 Å². The number of aryl methyl sites for hydroxylation is 2. The lowest BCUT2D eigenvalue weighted by Crippen LogP contribution is -2.04. The average Bonchev–Trinajstić information content (AvgIpc) is 3.15. The van der Waals surface area contributed by atoms with Crippen LogP contribution in [0, 0.1) is 19.8 Å². The van der Waals surface area contributed by atoms with Gasteiger partial charge in [-0.15, -0.1) is 23.1 Å². The fraction of sp³-hybridized carbons (Fsp3) is 0.292. The molecule has 0 bridgehead atoms. The van der Waals surface area contributed by atoms with Crippen LogP contribution in [0.3, 0.4) is 0 Å². The standard InChI is InChI=1S/C24H23F3O2S2/c1-13(2)22(19-9-10-20(31-19)23(28)29)30-18-11-14(3)21(15(4)12-18)16-5-7-17(8-6-16)24(25,26)27/h5-13,22H,1-4H3,(H,28,29). The van der Waals surface area contributed by atoms with Crippen LogP contribution < -0.4 is 0 Å². The molecule has 164 valence electrons. The smallest absolute Gasteiger partial charge is 0.416 e. The number of carboxylic acids is 1. The summed E-state index contributed by atoms with van der Waals surface area (Å²) in [5.41, 5.74) is 3.01. The van der Waals surface area contributed by atoms with E-state index in [4.69, 9.17) is 0 Å². The van der Waals surface area contributed by atoms with Gasteiger partial charge in [0.2, 0.25) is 0 Å². The number of hydrogen-bond donors (Lipinski definition) is 1. The van der Waals surface area contributed by atoms with Gasteiger partial charge in [-0.05, 0) is 78.4 Å². The van der Waals surface area contributed by atoms with Gasteiger partial charge in [-0.2, -0.15) is 13.2 Å². The molecule has 1 aromatic heterocycles. The summed E-state index contributed by atoms with van der Waals surface area (Å²) in [5.74, 6) is -0.628. The summed E-state index contributed by atoms with van der Waals surface area (Å²) in [6, 6.07) is 12.9. The van der Waals surface area contributed by atoms with E-state index in [1.807, 2.05) is 32.0 Å². The summed E-state index contributed by atoms with van der Waals surface area (Å²) >= 11 is 2.98. The molecule has 2 nitrogen and oxygen atoms in total. The fourth-order valence-electron chi connectivity index (χ4n) is 3.56. The highest BCUT2D eigenvalue weighted by Crippen LogP contribution is 2.45. The van der Waals surface area contributed by atoms with Crippen LogP contribution in [-0.2, 0) is 6.18 Å². The van der Waals surface area contributed by atoms with Gasteiger partial charge in [0.25, 0.3) is 0 Å². The quantitative estimate of drug-likeness (QED) is 0.373. The molecule has 0 aliphatic heterocycles. The molecule has 0 aliphatic rings. The minimum Gasteiger partial charge on any atom is -0.477 e. The van der Waals surface area contributed by atoms with Crippen LogP contribution in [0.25, 0.3) is 11.1 Å². The highest BCUT2D eigenvalue weighted by atomic mass is 32.2. The van der Waals surface area contributed by atoms with Crippen molar-refractivity contribution in [2.24, 2.45) is 5.92 Å². The van der Waals surface area contributed by atoms with E-state index in [1.54, 1.807) is 17.8 Å². The van der Waals surface area contributed by atoms with Gasteiger partial charge in [0.05, 0.1) is 5.56 Å². The highest BCUT2D eigenvalue weighted by Gasteiger charge is 2.30. The van der Waals surface area contributed by atoms with E-state index >= 15 is 0 Å². The summed E-state index contributed by atoms with van der Waals surface area (Å²) in [6.07, 6.45) is -4.35. The SMILES string of the molecule is Cc1cc(SC(c2ccc(C(=O)O)s2)C(C)C)cc(C)c1-c1ccc(C(F)(F)F)cc1. The molecule has 0 radical (unpaired) electrons. The molecular weight excluding hydrogens is 441 g/mol. The van der Waals surface area contributed by atoms with Gasteiger partial charge in [0.1, 0.15) is 4.88 Å². The van der Waals surface area contributed by atoms with E-state index in [-0.39, 0.29) is 5.25 Å². The Kier molecular flexibility index (Phi) is 6.86. The first kappa shape index (κ1) is 23.4. The minimum atomic E-state index is -4.35. The van der Waals surface area contributed by atoms with E-state index in [0.29, 0.717) is 10.8 Å². The van der Waals surface area contributed by atoms with Crippen molar-refractivity contribution >= 4 is 29.1 Å². The second-order valence-corrected chi connectivity index (χ2v) is 10.1. The lowest BCUT2D eigenvalue weighted by atomic mass is 9.95. The number of thioether (sulfide) groups is 1. The monoisotopic (exact) mass is 464 g/mol. The van der Waals surface area contributed by atoms with Crippen LogP contribution in [0.4, 0.5) is 13.2 Å². The number of alkyl halides is 3. The maximum atomic E-state index is 12.9. The van der Waals surface area contributed by atoms with Crippen molar-refractivity contribution in [3.05, 3.63) is 75.0 Å². The Balaban J connectivity index is 1.90. The van der Waals surface area contributed by atoms with Gasteiger partial charge in [-0.3, -0.25) is 0 Å². The third-order valence-electron chi connectivity index (χ3n) is 4.99. The predicted octanol–water partition coefficient (Wildman–Crippen LogP) is 8.24. The van der Waals surface area contributed by atoms with Crippen molar-refractivity contribution in [1.82, 2.24) is 0 Å². The van der Waals surface area contributed by atoms with Gasteiger partial charge in [-0.25, -0.2) is 4.79 Å². The topological polar surface area (TPSA) is 37.3 Å². The number of aromatic carboxylic acids is 1. The van der Waals surface area contributed by atoms with Gasteiger partial charge >= 0.3 is 12.1 Å². The first-order valence-corrected chi connectivity index (χ1v) is 11.5. The molecule has 2 aromatic carbocycles. The van der Waals surface area contributed by atoms with Crippen molar-refractivity contribution < 1.29 is 23.1 Å². The van der Waals surface area contributed by atoms with E-state index in [2.05, 4.69) is 13.8 Å². The van der Waals surface area contributed by atoms with Crippen LogP contribution in [0.5, 0.6) is 0 Å². The van der Waals surface area contributed by atoms with Gasteiger partial charge in [0, 0.05) is 15.0 Å². The first-order valence-electron chi connectivity index (χ1n) is 9.76. The number of halogens is 3. The van der Waals surface area contributed by atoms with Crippen LogP contribution in [0.1, 0.15) is 50.3 Å². The number of hydrogen-bond acceptors (Lipinski definition) is 3. The van der Waals surface area contributed by atoms with Crippen LogP contribution in [0.15, 0.2) is 53.4 Å². The Bertz CT molecular complexity index is 1060. The van der Waals surface area contributed by atoms with Gasteiger partial charge in [-0.1, -0.05) is 26.0 Å². The van der Waals surface area contributed by atoms with Crippen molar-refractivity contribution in [2.45, 2.75) is 44.0 Å². The van der Waals surface area contributed by atoms with E-state index in [0.717, 1.165) is 44.2 Å². The van der Waals surface area contributed by atoms with Crippen molar-refractivity contribution in [2.75, 3.05) is 0 Å². The lowest BCUT2D eigenvalue weighted by molar-refractivity contribution is -0.137. The molecular formula is C24H23F3O2S2. The molecule has 0 saturated carbocycles. The number of benzene rings is 2. The molecule has 0 saturated heterocycles. The number of rotatable bonds is 6. The number of carbonyl (C=O) groups is 1. The Morgan fingerprint density at radius 2 is 1.58 bits per heavy atom. The molecule has 0 aliphatic carbocycles. The molecule has 0 amide bonds. The normalized spacial score (nSPS) is 12.9. The Labute approximate surface area is 188 Å². The summed E-state index contributed by atoms with van der Waals surface area (Å²) in [5, 5.41) is 9.33. The zero-order valence-electron chi connectivity index (χ0n) is 17.6. The zero-order valence-corrected chi connectivity index (χ0v) is 19.2. The maximum Gasteiger partial charge on any atom is 0.416 e. The molecule has 0 spiro atoms. The summed E-state index contributed by atoms with van der Waals surface area (Å²) in [4.78, 5) is 13.6. The molecule has 7 heteroatoms. The zero-order chi connectivity index (χ0) is 22.9. The fourth-order valence-corrected chi connectivity index (χ4v) is 6.10. The molecule has 1 N–H and O–H groups in total. The molecule has 1 heterocycles. The summed E-state index contributed by atoms with van der Waals surface area (Å²) < 4.78 is 38.6. The second kappa shape index (κ2) is 9.09. The van der Waals surface area contributed by atoms with Crippen LogP contribution in [0.2, 0.25) is 0 Å². The second-order valence-electron chi connectivity index (χ2n) is 7.80. The minimum absolute atomic E-state index is 0.105. The first-order chi connectivity index (χ1) is 14.5. The molecule has 1 unspecified atom stereocenters. The third-order valence-corrected chi connectivity index (χ3v) is 7.86. The van der Waals surface area contributed by atoms with Gasteiger partial charge < -0.3 is 5.11 Å². The molecule has 1 atom stereocenters. The molecule has 31 heavy (non-hydrogen) atoms. The third kappa shape index (κ3) is 5.33. The van der Waals surface area contributed by atoms with Crippen LogP contribution >= 0.6 is 23.1 Å². The maximum absolute atomic E-state index is 12.9. The molecule has 3 rings (SSSR count). The number of thiophene rings is 1. The van der Waals surface area contributed by atoms with Crippen molar-refractivity contribution in [3.8, 4) is 11.1 Å². The highest BCUT2D eigenvalue weighted by molar-refractivity contribution is 7.99. The summed E-state index contributed by atoms with van der Waals surface area (Å²) in [6.45, 7) is 8.13. The van der Waals surface area contributed by atoms with Crippen LogP contribution in [-0.4, -0.2) is 11.1 Å². The van der Waals surface area contributed by atoms with E-state index in [9.17, 15) is 23.1 Å². The largest absolute Gasteiger partial charge is 0.477 e. The van der Waals surface area contributed by atoms with E-state index < -0.39 is 17.7 Å². The number of carboxylic acid groups (broad SMARTS) is 1. The van der Waals surface area contributed by atoms with Crippen molar-refractivity contribution in [3.63, 3.8) is 0 Å².